The summed E-state index contributed by atoms with van der Waals surface area (Å²) in [6, 6.07) is 16.1. The zero-order valence-corrected chi connectivity index (χ0v) is 17.3. The van der Waals surface area contributed by atoms with E-state index in [0.29, 0.717) is 13.2 Å². The van der Waals surface area contributed by atoms with Gasteiger partial charge in [0.1, 0.15) is 5.75 Å². The molecule has 0 aliphatic rings. The van der Waals surface area contributed by atoms with Crippen molar-refractivity contribution in [2.24, 2.45) is 0 Å². The van der Waals surface area contributed by atoms with Crippen LogP contribution in [-0.4, -0.2) is 36.5 Å². The Balaban J connectivity index is 1.94. The topological polar surface area (TPSA) is 81.9 Å². The number of hydrogen-bond donors (Lipinski definition) is 0. The van der Waals surface area contributed by atoms with Crippen LogP contribution in [-0.2, 0) is 6.54 Å². The number of fused-ring (bicyclic) bond motifs is 1. The summed E-state index contributed by atoms with van der Waals surface area (Å²) in [6.45, 7) is 2.92. The average molecular weight is 408 g/mol. The van der Waals surface area contributed by atoms with E-state index in [1.54, 1.807) is 7.05 Å². The standard InChI is InChI=1S/C23H24N2O5/c1-4-13-30-21-11-9-16-7-5-6-8-18(16)19(21)15-24(2)23(26)17-10-12-22(29-3)20(14-17)25(27)28/h5-12,14H,4,13,15H2,1-3H3. The number of carbonyl (C=O) groups is 1. The first kappa shape index (κ1) is 21.1. The second-order valence-electron chi connectivity index (χ2n) is 6.92. The molecule has 0 N–H and O–H groups in total. The molecule has 3 aromatic carbocycles. The Kier molecular flexibility index (Phi) is 6.51. The minimum atomic E-state index is -0.559. The first-order valence-corrected chi connectivity index (χ1v) is 9.67. The van der Waals surface area contributed by atoms with Crippen molar-refractivity contribution in [1.29, 1.82) is 0 Å². The predicted molar refractivity (Wildman–Crippen MR) is 115 cm³/mol. The molecule has 0 atom stereocenters. The Labute approximate surface area is 175 Å². The van der Waals surface area contributed by atoms with Crippen LogP contribution in [0.3, 0.4) is 0 Å². The summed E-state index contributed by atoms with van der Waals surface area (Å²) in [5.74, 6) is 0.523. The number of rotatable bonds is 8. The maximum Gasteiger partial charge on any atom is 0.311 e. The van der Waals surface area contributed by atoms with E-state index >= 15 is 0 Å². The van der Waals surface area contributed by atoms with Crippen LogP contribution in [0, 0.1) is 10.1 Å². The summed E-state index contributed by atoms with van der Waals surface area (Å²) in [5, 5.41) is 13.4. The number of hydrogen-bond acceptors (Lipinski definition) is 5. The minimum absolute atomic E-state index is 0.114. The minimum Gasteiger partial charge on any atom is -0.493 e. The van der Waals surface area contributed by atoms with Gasteiger partial charge >= 0.3 is 5.69 Å². The molecular formula is C23H24N2O5. The highest BCUT2D eigenvalue weighted by molar-refractivity contribution is 5.95. The second-order valence-corrected chi connectivity index (χ2v) is 6.92. The molecule has 7 heteroatoms. The van der Waals surface area contributed by atoms with Gasteiger partial charge in [0, 0.05) is 30.8 Å². The zero-order valence-electron chi connectivity index (χ0n) is 17.3. The van der Waals surface area contributed by atoms with E-state index in [4.69, 9.17) is 9.47 Å². The van der Waals surface area contributed by atoms with E-state index < -0.39 is 4.92 Å². The van der Waals surface area contributed by atoms with Gasteiger partial charge in [0.2, 0.25) is 0 Å². The molecule has 0 aliphatic carbocycles. The quantitative estimate of drug-likeness (QED) is 0.394. The van der Waals surface area contributed by atoms with Gasteiger partial charge < -0.3 is 14.4 Å². The van der Waals surface area contributed by atoms with Crippen molar-refractivity contribution in [1.82, 2.24) is 4.90 Å². The molecule has 7 nitrogen and oxygen atoms in total. The van der Waals surface area contributed by atoms with Gasteiger partial charge in [0.25, 0.3) is 5.91 Å². The molecule has 0 bridgehead atoms. The Morgan fingerprint density at radius 1 is 1.10 bits per heavy atom. The van der Waals surface area contributed by atoms with Crippen molar-refractivity contribution in [3.63, 3.8) is 0 Å². The molecule has 3 rings (SSSR count). The molecule has 0 heterocycles. The van der Waals surface area contributed by atoms with E-state index in [2.05, 4.69) is 0 Å². The summed E-state index contributed by atoms with van der Waals surface area (Å²) in [6.07, 6.45) is 0.872. The van der Waals surface area contributed by atoms with Crippen molar-refractivity contribution in [3.8, 4) is 11.5 Å². The normalized spacial score (nSPS) is 10.6. The highest BCUT2D eigenvalue weighted by Crippen LogP contribution is 2.31. The molecule has 0 spiro atoms. The number of carbonyl (C=O) groups excluding carboxylic acids is 1. The summed E-state index contributed by atoms with van der Waals surface area (Å²) < 4.78 is 10.9. The fourth-order valence-electron chi connectivity index (χ4n) is 3.32. The van der Waals surface area contributed by atoms with Gasteiger partial charge in [-0.05, 0) is 35.4 Å². The monoisotopic (exact) mass is 408 g/mol. The van der Waals surface area contributed by atoms with E-state index in [1.807, 2.05) is 43.3 Å². The van der Waals surface area contributed by atoms with Gasteiger partial charge in [-0.25, -0.2) is 0 Å². The van der Waals surface area contributed by atoms with E-state index in [1.165, 1.54) is 30.2 Å². The van der Waals surface area contributed by atoms with E-state index in [0.717, 1.165) is 28.5 Å². The largest absolute Gasteiger partial charge is 0.493 e. The molecular weight excluding hydrogens is 384 g/mol. The number of amides is 1. The van der Waals surface area contributed by atoms with E-state index in [9.17, 15) is 14.9 Å². The van der Waals surface area contributed by atoms with Crippen molar-refractivity contribution in [2.75, 3.05) is 20.8 Å². The fraction of sp³-hybridized carbons (Fsp3) is 0.261. The number of nitro benzene ring substituents is 1. The smallest absolute Gasteiger partial charge is 0.311 e. The average Bonchev–Trinajstić information content (AvgIpc) is 2.77. The highest BCUT2D eigenvalue weighted by atomic mass is 16.6. The highest BCUT2D eigenvalue weighted by Gasteiger charge is 2.21. The second kappa shape index (κ2) is 9.26. The molecule has 30 heavy (non-hydrogen) atoms. The number of methoxy groups -OCH3 is 1. The molecule has 0 aliphatic heterocycles. The maximum atomic E-state index is 13.0. The molecule has 156 valence electrons. The first-order valence-electron chi connectivity index (χ1n) is 9.67. The molecule has 0 saturated heterocycles. The van der Waals surface area contributed by atoms with E-state index in [-0.39, 0.29) is 22.9 Å². The first-order chi connectivity index (χ1) is 14.5. The summed E-state index contributed by atoms with van der Waals surface area (Å²) in [4.78, 5) is 25.3. The van der Waals surface area contributed by atoms with Crippen LogP contribution in [0.5, 0.6) is 11.5 Å². The summed E-state index contributed by atoms with van der Waals surface area (Å²) in [5.41, 5.74) is 0.885. The van der Waals surface area contributed by atoms with Crippen LogP contribution in [0.25, 0.3) is 10.8 Å². The lowest BCUT2D eigenvalue weighted by molar-refractivity contribution is -0.385. The Bertz CT molecular complexity index is 1080. The van der Waals surface area contributed by atoms with Gasteiger partial charge in [0.05, 0.1) is 18.6 Å². The summed E-state index contributed by atoms with van der Waals surface area (Å²) in [7, 11) is 3.03. The summed E-state index contributed by atoms with van der Waals surface area (Å²) >= 11 is 0. The Morgan fingerprint density at radius 3 is 2.53 bits per heavy atom. The van der Waals surface area contributed by atoms with Crippen LogP contribution >= 0.6 is 0 Å². The lowest BCUT2D eigenvalue weighted by Gasteiger charge is -2.21. The molecule has 0 saturated carbocycles. The molecule has 0 aromatic heterocycles. The van der Waals surface area contributed by atoms with Crippen molar-refractivity contribution >= 4 is 22.4 Å². The Hall–Kier alpha value is -3.61. The van der Waals surface area contributed by atoms with Gasteiger partial charge in [-0.3, -0.25) is 14.9 Å². The fourth-order valence-corrected chi connectivity index (χ4v) is 3.32. The number of nitro groups is 1. The molecule has 0 fully saturated rings. The van der Waals surface area contributed by atoms with Crippen LogP contribution < -0.4 is 9.47 Å². The van der Waals surface area contributed by atoms with Gasteiger partial charge in [-0.1, -0.05) is 37.3 Å². The number of benzene rings is 3. The van der Waals surface area contributed by atoms with Gasteiger partial charge in [0.15, 0.2) is 5.75 Å². The van der Waals surface area contributed by atoms with Gasteiger partial charge in [-0.2, -0.15) is 0 Å². The van der Waals surface area contributed by atoms with Crippen molar-refractivity contribution in [2.45, 2.75) is 19.9 Å². The molecule has 3 aromatic rings. The van der Waals surface area contributed by atoms with Crippen LogP contribution in [0.15, 0.2) is 54.6 Å². The van der Waals surface area contributed by atoms with Crippen LogP contribution in [0.4, 0.5) is 5.69 Å². The SMILES string of the molecule is CCCOc1ccc2ccccc2c1CN(C)C(=O)c1ccc(OC)c([N+](=O)[O-])c1. The third kappa shape index (κ3) is 4.35. The van der Waals surface area contributed by atoms with Crippen LogP contribution in [0.1, 0.15) is 29.3 Å². The van der Waals surface area contributed by atoms with Crippen LogP contribution in [0.2, 0.25) is 0 Å². The van der Waals surface area contributed by atoms with Crippen molar-refractivity contribution in [3.05, 3.63) is 75.8 Å². The maximum absolute atomic E-state index is 13.0. The molecule has 0 radical (unpaired) electrons. The lowest BCUT2D eigenvalue weighted by atomic mass is 10.0. The van der Waals surface area contributed by atoms with Gasteiger partial charge in [-0.15, -0.1) is 0 Å². The third-order valence-electron chi connectivity index (χ3n) is 4.82. The number of ether oxygens (including phenoxy) is 2. The predicted octanol–water partition coefficient (Wildman–Crippen LogP) is 4.82. The molecule has 0 unspecified atom stereocenters. The van der Waals surface area contributed by atoms with Crippen molar-refractivity contribution < 1.29 is 19.2 Å². The lowest BCUT2D eigenvalue weighted by Crippen LogP contribution is -2.26. The Morgan fingerprint density at radius 2 is 1.83 bits per heavy atom. The zero-order chi connectivity index (χ0) is 21.7. The molecule has 1 amide bonds. The third-order valence-corrected chi connectivity index (χ3v) is 4.82. The number of nitrogens with zero attached hydrogens (tertiary/aromatic N) is 2.